The molecule has 0 aromatic heterocycles. The Morgan fingerprint density at radius 2 is 0.875 bits per heavy atom. The van der Waals surface area contributed by atoms with E-state index in [1.165, 1.54) is 5.30 Å². The Hall–Kier alpha value is 2.08. The molecule has 0 saturated carbocycles. The zero-order valence-electron chi connectivity index (χ0n) is 20.1. The first-order valence-electron chi connectivity index (χ1n) is 10.7. The van der Waals surface area contributed by atoms with Gasteiger partial charge in [-0.25, -0.2) is 0 Å². The average Bonchev–Trinajstić information content (AvgIpc) is 2.74. The molecule has 1 heterocycles. The maximum absolute atomic E-state index is 5.70. The standard InChI is InChI=1S/C12H24O6.C10H15PSSe.Rb/c1-2-14-5-6-16-9-10-18-12-11-17-8-7-15-4-3-13-1;1-10(2,3)11(12,13)9-7-5-4-6-8-9;/h1-12H2;4-8H,1-3H3,(H,12,13);/q;;+1/p-1. The van der Waals surface area contributed by atoms with E-state index in [0.717, 1.165) is 0 Å². The summed E-state index contributed by atoms with van der Waals surface area (Å²) in [6.07, 6.45) is 0. The number of hydrogen-bond donors (Lipinski definition) is 0. The molecular formula is C22H38O6PRbSSe. The van der Waals surface area contributed by atoms with E-state index in [4.69, 9.17) is 40.7 Å². The summed E-state index contributed by atoms with van der Waals surface area (Å²) in [5.41, 5.74) is 0. The van der Waals surface area contributed by atoms with Crippen LogP contribution in [0.2, 0.25) is 0 Å². The van der Waals surface area contributed by atoms with Gasteiger partial charge in [-0.15, -0.1) is 0 Å². The van der Waals surface area contributed by atoms with E-state index in [0.29, 0.717) is 79.3 Å². The maximum atomic E-state index is 5.70. The average molecular weight is 626 g/mol. The van der Waals surface area contributed by atoms with Crippen molar-refractivity contribution in [3.05, 3.63) is 30.3 Å². The van der Waals surface area contributed by atoms with Crippen LogP contribution < -0.4 is 63.5 Å². The zero-order chi connectivity index (χ0) is 22.8. The van der Waals surface area contributed by atoms with Gasteiger partial charge in [0.15, 0.2) is 0 Å². The van der Waals surface area contributed by atoms with Crippen molar-refractivity contribution in [3.8, 4) is 0 Å². The van der Waals surface area contributed by atoms with E-state index in [-0.39, 0.29) is 63.3 Å². The summed E-state index contributed by atoms with van der Waals surface area (Å²) in [5.74, 6) is 0. The molecule has 1 aliphatic heterocycles. The molecule has 1 unspecified atom stereocenters. The molecule has 0 bridgehead atoms. The fraction of sp³-hybridized carbons (Fsp3) is 0.727. The van der Waals surface area contributed by atoms with Crippen LogP contribution in [0.3, 0.4) is 0 Å². The largest absolute Gasteiger partial charge is 1.00 e. The zero-order valence-corrected chi connectivity index (χ0v) is 28.4. The first-order chi connectivity index (χ1) is 14.9. The van der Waals surface area contributed by atoms with Crippen LogP contribution in [0.5, 0.6) is 0 Å². The first kappa shape index (κ1) is 34.1. The van der Waals surface area contributed by atoms with E-state index in [2.05, 4.69) is 60.1 Å². The summed E-state index contributed by atoms with van der Waals surface area (Å²) in [5, 5.41) is 1.46. The van der Waals surface area contributed by atoms with Crippen LogP contribution in [0, 0.1) is 0 Å². The minimum atomic E-state index is -1.52. The van der Waals surface area contributed by atoms with Gasteiger partial charge in [0.2, 0.25) is 0 Å². The van der Waals surface area contributed by atoms with Crippen molar-refractivity contribution in [2.24, 2.45) is 0 Å². The smallest absolute Gasteiger partial charge is 1.00 e. The minimum Gasteiger partial charge on any atom is 1.00 e. The minimum absolute atomic E-state index is 0. The van der Waals surface area contributed by atoms with Gasteiger partial charge in [0, 0.05) is 0 Å². The monoisotopic (exact) mass is 626 g/mol. The van der Waals surface area contributed by atoms with Crippen molar-refractivity contribution in [2.75, 3.05) is 79.3 Å². The molecule has 0 N–H and O–H groups in total. The van der Waals surface area contributed by atoms with Gasteiger partial charge >= 0.3 is 152 Å². The van der Waals surface area contributed by atoms with E-state index in [9.17, 15) is 0 Å². The van der Waals surface area contributed by atoms with Crippen LogP contribution in [0.1, 0.15) is 20.8 Å². The fourth-order valence-corrected chi connectivity index (χ4v) is 4.80. The van der Waals surface area contributed by atoms with Crippen molar-refractivity contribution in [1.82, 2.24) is 0 Å². The van der Waals surface area contributed by atoms with Crippen LogP contribution in [-0.2, 0) is 40.7 Å². The van der Waals surface area contributed by atoms with Gasteiger partial charge in [0.25, 0.3) is 0 Å². The molecule has 0 spiro atoms. The summed E-state index contributed by atoms with van der Waals surface area (Å²) in [4.78, 5) is 0. The molecule has 1 aromatic carbocycles. The predicted molar refractivity (Wildman–Crippen MR) is 131 cm³/mol. The van der Waals surface area contributed by atoms with E-state index >= 15 is 0 Å². The number of hydrogen-bond acceptors (Lipinski definition) is 7. The quantitative estimate of drug-likeness (QED) is 0.243. The molecular weight excluding hydrogens is 588 g/mol. The van der Waals surface area contributed by atoms with Gasteiger partial charge in [-0.2, -0.15) is 0 Å². The van der Waals surface area contributed by atoms with Crippen LogP contribution in [0.25, 0.3) is 0 Å². The Morgan fingerprint density at radius 3 is 1.09 bits per heavy atom. The van der Waals surface area contributed by atoms with Crippen molar-refractivity contribution in [3.63, 3.8) is 0 Å². The van der Waals surface area contributed by atoms with Crippen LogP contribution >= 0.6 is 4.71 Å². The second-order valence-electron chi connectivity index (χ2n) is 7.73. The summed E-state index contributed by atoms with van der Waals surface area (Å²) >= 11 is 8.94. The van der Waals surface area contributed by atoms with E-state index in [1.807, 2.05) is 6.07 Å². The molecule has 2 rings (SSSR count). The molecule has 0 radical (unpaired) electrons. The summed E-state index contributed by atoms with van der Waals surface area (Å²) in [7, 11) is 0. The molecule has 1 fully saturated rings. The fourth-order valence-electron chi connectivity index (χ4n) is 2.33. The third-order valence-corrected chi connectivity index (χ3v) is 14.0. The molecule has 180 valence electrons. The van der Waals surface area contributed by atoms with Crippen LogP contribution in [0.4, 0.5) is 0 Å². The van der Waals surface area contributed by atoms with Crippen molar-refractivity contribution in [1.29, 1.82) is 0 Å². The molecule has 0 amide bonds. The Morgan fingerprint density at radius 1 is 0.625 bits per heavy atom. The Kier molecular flexibility index (Phi) is 22.6. The number of benzene rings is 1. The van der Waals surface area contributed by atoms with E-state index in [1.54, 1.807) is 0 Å². The van der Waals surface area contributed by atoms with Gasteiger partial charge in [0.1, 0.15) is 0 Å². The Balaban J connectivity index is 0.000000611. The normalized spacial score (nSPS) is 20.2. The predicted octanol–water partition coefficient (Wildman–Crippen LogP) is -0.223. The third-order valence-electron chi connectivity index (χ3n) is 4.21. The van der Waals surface area contributed by atoms with E-state index < -0.39 is 4.71 Å². The molecule has 1 atom stereocenters. The van der Waals surface area contributed by atoms with Crippen LogP contribution in [0.15, 0.2) is 30.3 Å². The summed E-state index contributed by atoms with van der Waals surface area (Å²) in [6, 6.07) is 10.4. The topological polar surface area (TPSA) is 55.4 Å². The third kappa shape index (κ3) is 16.7. The van der Waals surface area contributed by atoms with Gasteiger partial charge in [-0.1, -0.05) is 0 Å². The summed E-state index contributed by atoms with van der Waals surface area (Å²) in [6.45, 7) is 13.7. The molecule has 10 heteroatoms. The maximum Gasteiger partial charge on any atom is 1.00 e. The molecule has 32 heavy (non-hydrogen) atoms. The molecule has 6 nitrogen and oxygen atoms in total. The van der Waals surface area contributed by atoms with Gasteiger partial charge in [0.05, 0.1) is 79.3 Å². The van der Waals surface area contributed by atoms with Gasteiger partial charge in [-0.05, 0) is 0 Å². The summed E-state index contributed by atoms with van der Waals surface area (Å²) < 4.78 is 30.4. The second-order valence-corrected chi connectivity index (χ2v) is 17.3. The van der Waals surface area contributed by atoms with Gasteiger partial charge in [-0.3, -0.25) is 0 Å². The van der Waals surface area contributed by atoms with Crippen LogP contribution in [-0.4, -0.2) is 99.5 Å². The molecule has 1 aliphatic rings. The number of rotatable bonds is 1. The Labute approximate surface area is 256 Å². The number of ether oxygens (including phenoxy) is 6. The van der Waals surface area contributed by atoms with Crippen molar-refractivity contribution < 1.29 is 86.6 Å². The second kappa shape index (κ2) is 21.2. The SMILES string of the molecule is C1COCCOCCOCCOCCOCCO1.CC(C)(C)P([S-])(=[Se])c1ccccc1.[Rb+]. The Bertz CT molecular complexity index is 531. The molecule has 0 aliphatic carbocycles. The molecule has 1 saturated heterocycles. The van der Waals surface area contributed by atoms with Gasteiger partial charge < -0.3 is 28.4 Å². The van der Waals surface area contributed by atoms with Crippen molar-refractivity contribution >= 4 is 37.4 Å². The van der Waals surface area contributed by atoms with Crippen molar-refractivity contribution in [2.45, 2.75) is 25.9 Å². The first-order valence-corrected chi connectivity index (χ1v) is 15.7. The molecule has 1 aromatic rings.